The predicted octanol–water partition coefficient (Wildman–Crippen LogP) is 3.35. The Morgan fingerprint density at radius 2 is 2.00 bits per heavy atom. The van der Waals surface area contributed by atoms with E-state index in [1.54, 1.807) is 0 Å². The zero-order valence-electron chi connectivity index (χ0n) is 9.58. The van der Waals surface area contributed by atoms with Crippen LogP contribution in [0.3, 0.4) is 0 Å². The van der Waals surface area contributed by atoms with Crippen molar-refractivity contribution in [1.82, 2.24) is 4.90 Å². The lowest BCUT2D eigenvalue weighted by Crippen LogP contribution is -2.33. The molecule has 3 heteroatoms. The van der Waals surface area contributed by atoms with Gasteiger partial charge in [0.05, 0.1) is 0 Å². The Balaban J connectivity index is 1.71. The lowest BCUT2D eigenvalue weighted by Gasteiger charge is -2.26. The Labute approximate surface area is 106 Å². The summed E-state index contributed by atoms with van der Waals surface area (Å²) in [6.07, 6.45) is 4.16. The number of nitrogens with one attached hydrogen (secondary N) is 1. The van der Waals surface area contributed by atoms with Crippen LogP contribution in [0, 0.1) is 0 Å². The van der Waals surface area contributed by atoms with E-state index >= 15 is 0 Å². The molecule has 1 aromatic carbocycles. The van der Waals surface area contributed by atoms with Gasteiger partial charge < -0.3 is 10.2 Å². The molecule has 0 amide bonds. The van der Waals surface area contributed by atoms with Crippen molar-refractivity contribution in [3.05, 3.63) is 28.7 Å². The van der Waals surface area contributed by atoms with E-state index in [-0.39, 0.29) is 0 Å². The lowest BCUT2D eigenvalue weighted by atomic mass is 10.1. The highest BCUT2D eigenvalue weighted by Crippen LogP contribution is 2.15. The van der Waals surface area contributed by atoms with Crippen LogP contribution in [0.15, 0.2) is 28.7 Å². The Morgan fingerprint density at radius 1 is 1.19 bits per heavy atom. The minimum atomic E-state index is 1.04. The maximum Gasteiger partial charge on any atom is 0.0351 e. The van der Waals surface area contributed by atoms with Crippen LogP contribution in [0.1, 0.15) is 19.3 Å². The molecule has 0 bridgehead atoms. The summed E-state index contributed by atoms with van der Waals surface area (Å²) in [4.78, 5) is 2.55. The number of piperidine rings is 1. The summed E-state index contributed by atoms with van der Waals surface area (Å²) in [6.45, 7) is 4.75. The van der Waals surface area contributed by atoms with E-state index in [9.17, 15) is 0 Å². The van der Waals surface area contributed by atoms with Gasteiger partial charge in [-0.25, -0.2) is 0 Å². The third kappa shape index (κ3) is 3.80. The molecule has 0 saturated carbocycles. The smallest absolute Gasteiger partial charge is 0.0351 e. The average Bonchev–Trinajstić information content (AvgIpc) is 2.30. The monoisotopic (exact) mass is 282 g/mol. The van der Waals surface area contributed by atoms with Crippen LogP contribution < -0.4 is 5.32 Å². The number of anilines is 1. The first-order valence-corrected chi connectivity index (χ1v) is 6.86. The van der Waals surface area contributed by atoms with Gasteiger partial charge >= 0.3 is 0 Å². The van der Waals surface area contributed by atoms with Crippen molar-refractivity contribution in [2.24, 2.45) is 0 Å². The molecule has 2 rings (SSSR count). The maximum absolute atomic E-state index is 3.48. The number of nitrogens with zero attached hydrogens (tertiary/aromatic N) is 1. The second-order valence-electron chi connectivity index (χ2n) is 4.34. The van der Waals surface area contributed by atoms with Gasteiger partial charge in [-0.1, -0.05) is 28.4 Å². The third-order valence-electron chi connectivity index (χ3n) is 3.03. The minimum Gasteiger partial charge on any atom is -0.384 e. The van der Waals surface area contributed by atoms with E-state index in [1.807, 2.05) is 0 Å². The number of rotatable bonds is 4. The van der Waals surface area contributed by atoms with Gasteiger partial charge in [-0.2, -0.15) is 0 Å². The number of hydrogen-bond donors (Lipinski definition) is 1. The van der Waals surface area contributed by atoms with Crippen LogP contribution in [-0.4, -0.2) is 31.1 Å². The van der Waals surface area contributed by atoms with Crippen LogP contribution in [0.25, 0.3) is 0 Å². The molecular weight excluding hydrogens is 264 g/mol. The van der Waals surface area contributed by atoms with E-state index < -0.39 is 0 Å². The molecule has 16 heavy (non-hydrogen) atoms. The molecule has 0 atom stereocenters. The summed E-state index contributed by atoms with van der Waals surface area (Å²) in [5.74, 6) is 0. The number of likely N-dealkylation sites (tertiary alicyclic amines) is 1. The molecular formula is C13H19BrN2. The van der Waals surface area contributed by atoms with Gasteiger partial charge in [0.2, 0.25) is 0 Å². The molecule has 1 saturated heterocycles. The zero-order chi connectivity index (χ0) is 11.2. The molecule has 1 fully saturated rings. The highest BCUT2D eigenvalue weighted by atomic mass is 79.9. The second-order valence-corrected chi connectivity index (χ2v) is 5.26. The highest BCUT2D eigenvalue weighted by Gasteiger charge is 2.08. The standard InChI is InChI=1S/C13H19BrN2/c14-12-5-4-6-13(11-12)15-7-10-16-8-2-1-3-9-16/h4-6,11,15H,1-3,7-10H2. The summed E-state index contributed by atoms with van der Waals surface area (Å²) >= 11 is 3.48. The summed E-state index contributed by atoms with van der Waals surface area (Å²) in [5, 5.41) is 3.46. The summed E-state index contributed by atoms with van der Waals surface area (Å²) in [6, 6.07) is 8.35. The van der Waals surface area contributed by atoms with Crippen molar-refractivity contribution >= 4 is 21.6 Å². The van der Waals surface area contributed by atoms with Gasteiger partial charge in [-0.3, -0.25) is 0 Å². The van der Waals surface area contributed by atoms with Crippen molar-refractivity contribution in [1.29, 1.82) is 0 Å². The molecule has 1 N–H and O–H groups in total. The molecule has 1 aliphatic rings. The first kappa shape index (κ1) is 11.9. The van der Waals surface area contributed by atoms with Crippen molar-refractivity contribution in [2.75, 3.05) is 31.5 Å². The summed E-state index contributed by atoms with van der Waals surface area (Å²) < 4.78 is 1.13. The molecule has 88 valence electrons. The van der Waals surface area contributed by atoms with Crippen LogP contribution in [0.4, 0.5) is 5.69 Å². The van der Waals surface area contributed by atoms with Crippen LogP contribution in [0.2, 0.25) is 0 Å². The summed E-state index contributed by atoms with van der Waals surface area (Å²) in [5.41, 5.74) is 1.20. The first-order chi connectivity index (χ1) is 7.84. The van der Waals surface area contributed by atoms with Crippen molar-refractivity contribution in [2.45, 2.75) is 19.3 Å². The molecule has 0 radical (unpaired) electrons. The van der Waals surface area contributed by atoms with Crippen molar-refractivity contribution in [3.63, 3.8) is 0 Å². The van der Waals surface area contributed by atoms with E-state index in [2.05, 4.69) is 50.4 Å². The molecule has 2 nitrogen and oxygen atoms in total. The van der Waals surface area contributed by atoms with Gasteiger partial charge in [0.1, 0.15) is 0 Å². The number of halogens is 1. The van der Waals surface area contributed by atoms with Gasteiger partial charge in [0, 0.05) is 23.2 Å². The second kappa shape index (κ2) is 6.26. The van der Waals surface area contributed by atoms with Crippen LogP contribution >= 0.6 is 15.9 Å². The van der Waals surface area contributed by atoms with Crippen LogP contribution in [0.5, 0.6) is 0 Å². The Hall–Kier alpha value is -0.540. The molecule has 0 spiro atoms. The average molecular weight is 283 g/mol. The van der Waals surface area contributed by atoms with E-state index in [0.29, 0.717) is 0 Å². The fourth-order valence-electron chi connectivity index (χ4n) is 2.14. The Bertz CT molecular complexity index is 321. The SMILES string of the molecule is Brc1cccc(NCCN2CCCCC2)c1. The Morgan fingerprint density at radius 3 is 2.75 bits per heavy atom. The number of benzene rings is 1. The Kier molecular flexibility index (Phi) is 4.67. The van der Waals surface area contributed by atoms with Gasteiger partial charge in [-0.15, -0.1) is 0 Å². The summed E-state index contributed by atoms with van der Waals surface area (Å²) in [7, 11) is 0. The van der Waals surface area contributed by atoms with Gasteiger partial charge in [0.15, 0.2) is 0 Å². The fourth-order valence-corrected chi connectivity index (χ4v) is 2.54. The topological polar surface area (TPSA) is 15.3 Å². The quantitative estimate of drug-likeness (QED) is 0.911. The third-order valence-corrected chi connectivity index (χ3v) is 3.52. The molecule has 1 aliphatic heterocycles. The molecule has 0 unspecified atom stereocenters. The van der Waals surface area contributed by atoms with Crippen LogP contribution in [-0.2, 0) is 0 Å². The number of hydrogen-bond acceptors (Lipinski definition) is 2. The first-order valence-electron chi connectivity index (χ1n) is 6.06. The maximum atomic E-state index is 3.48. The van der Waals surface area contributed by atoms with Gasteiger partial charge in [-0.05, 0) is 44.1 Å². The highest BCUT2D eigenvalue weighted by molar-refractivity contribution is 9.10. The molecule has 0 aromatic heterocycles. The van der Waals surface area contributed by atoms with E-state index in [1.165, 1.54) is 38.0 Å². The van der Waals surface area contributed by atoms with Crippen molar-refractivity contribution in [3.8, 4) is 0 Å². The predicted molar refractivity (Wildman–Crippen MR) is 72.9 cm³/mol. The van der Waals surface area contributed by atoms with E-state index in [0.717, 1.165) is 17.6 Å². The molecule has 1 aromatic rings. The lowest BCUT2D eigenvalue weighted by molar-refractivity contribution is 0.237. The van der Waals surface area contributed by atoms with Crippen molar-refractivity contribution < 1.29 is 0 Å². The van der Waals surface area contributed by atoms with E-state index in [4.69, 9.17) is 0 Å². The zero-order valence-corrected chi connectivity index (χ0v) is 11.2. The fraction of sp³-hybridized carbons (Fsp3) is 0.538. The molecule has 0 aliphatic carbocycles. The normalized spacial score (nSPS) is 17.3. The molecule has 1 heterocycles. The van der Waals surface area contributed by atoms with Gasteiger partial charge in [0.25, 0.3) is 0 Å². The largest absolute Gasteiger partial charge is 0.384 e. The minimum absolute atomic E-state index is 1.04.